The average Bonchev–Trinajstić information content (AvgIpc) is 3.17. The Balaban J connectivity index is 0.00000240. The highest BCUT2D eigenvalue weighted by atomic mass is 127. The van der Waals surface area contributed by atoms with Crippen molar-refractivity contribution < 1.29 is 4.52 Å². The molecule has 2 aliphatic heterocycles. The van der Waals surface area contributed by atoms with Crippen molar-refractivity contribution in [3.63, 3.8) is 0 Å². The molecule has 9 heteroatoms. The lowest BCUT2D eigenvalue weighted by Crippen LogP contribution is -2.56. The molecule has 4 heterocycles. The van der Waals surface area contributed by atoms with E-state index in [0.717, 1.165) is 5.96 Å². The molecule has 0 aliphatic carbocycles. The number of hydrogen-bond acceptors (Lipinski definition) is 6. The molecular weight excluding hydrogens is 481 g/mol. The van der Waals surface area contributed by atoms with Crippen molar-refractivity contribution in [2.75, 3.05) is 20.6 Å². The second-order valence-electron chi connectivity index (χ2n) is 7.70. The van der Waals surface area contributed by atoms with Gasteiger partial charge in [-0.25, -0.2) is 0 Å². The van der Waals surface area contributed by atoms with Gasteiger partial charge in [-0.3, -0.25) is 9.98 Å². The van der Waals surface area contributed by atoms with E-state index >= 15 is 0 Å². The van der Waals surface area contributed by atoms with E-state index in [0.29, 0.717) is 48.5 Å². The summed E-state index contributed by atoms with van der Waals surface area (Å²) in [6, 6.07) is 7.51. The quantitative estimate of drug-likeness (QED) is 0.362. The van der Waals surface area contributed by atoms with Gasteiger partial charge in [0.1, 0.15) is 5.69 Å². The first-order valence-electron chi connectivity index (χ1n) is 10.2. The van der Waals surface area contributed by atoms with Crippen molar-refractivity contribution in [3.8, 4) is 11.6 Å². The summed E-state index contributed by atoms with van der Waals surface area (Å²) in [6.45, 7) is 0.695. The van der Waals surface area contributed by atoms with E-state index in [1.54, 1.807) is 6.20 Å². The van der Waals surface area contributed by atoms with Gasteiger partial charge in [-0.05, 0) is 44.9 Å². The maximum atomic E-state index is 5.31. The van der Waals surface area contributed by atoms with Crippen molar-refractivity contribution in [3.05, 3.63) is 30.2 Å². The Morgan fingerprint density at radius 3 is 2.76 bits per heavy atom. The minimum atomic E-state index is 0. The van der Waals surface area contributed by atoms with Gasteiger partial charge in [0.25, 0.3) is 5.89 Å². The van der Waals surface area contributed by atoms with Crippen LogP contribution in [0.3, 0.4) is 0 Å². The highest BCUT2D eigenvalue weighted by molar-refractivity contribution is 14.0. The van der Waals surface area contributed by atoms with Gasteiger partial charge in [-0.15, -0.1) is 24.0 Å². The van der Waals surface area contributed by atoms with Gasteiger partial charge in [-0.1, -0.05) is 17.6 Å². The highest BCUT2D eigenvalue weighted by Gasteiger charge is 2.36. The summed E-state index contributed by atoms with van der Waals surface area (Å²) < 4.78 is 5.31. The van der Waals surface area contributed by atoms with E-state index in [1.807, 2.05) is 25.2 Å². The summed E-state index contributed by atoms with van der Waals surface area (Å²) in [4.78, 5) is 15.6. The van der Waals surface area contributed by atoms with Gasteiger partial charge in [0.05, 0.1) is 0 Å². The summed E-state index contributed by atoms with van der Waals surface area (Å²) >= 11 is 0. The normalized spacial score (nSPS) is 24.6. The first kappa shape index (κ1) is 21.9. The SMILES string of the molecule is CN=C(NCCc1noc(-c2ccccn2)n1)NC1CC2CCCC(C1)N2C.I. The lowest BCUT2D eigenvalue weighted by molar-refractivity contribution is 0.0526. The minimum absolute atomic E-state index is 0. The van der Waals surface area contributed by atoms with Crippen LogP contribution in [0.4, 0.5) is 0 Å². The molecule has 0 radical (unpaired) electrons. The van der Waals surface area contributed by atoms with Crippen LogP contribution >= 0.6 is 24.0 Å². The van der Waals surface area contributed by atoms with Crippen LogP contribution in [-0.4, -0.2) is 64.7 Å². The number of piperidine rings is 2. The molecule has 2 saturated heterocycles. The lowest BCUT2D eigenvalue weighted by Gasteiger charge is -2.47. The van der Waals surface area contributed by atoms with Crippen LogP contribution < -0.4 is 10.6 Å². The molecule has 158 valence electrons. The summed E-state index contributed by atoms with van der Waals surface area (Å²) in [5.41, 5.74) is 0.694. The molecule has 0 saturated carbocycles. The van der Waals surface area contributed by atoms with Crippen LogP contribution in [0.5, 0.6) is 0 Å². The lowest BCUT2D eigenvalue weighted by atomic mass is 9.82. The molecule has 8 nitrogen and oxygen atoms in total. The van der Waals surface area contributed by atoms with Gasteiger partial charge >= 0.3 is 0 Å². The molecule has 2 N–H and O–H groups in total. The van der Waals surface area contributed by atoms with E-state index in [1.165, 1.54) is 32.1 Å². The zero-order valence-corrected chi connectivity index (χ0v) is 19.4. The van der Waals surface area contributed by atoms with E-state index < -0.39 is 0 Å². The summed E-state index contributed by atoms with van der Waals surface area (Å²) in [6.07, 6.45) is 8.74. The minimum Gasteiger partial charge on any atom is -0.356 e. The van der Waals surface area contributed by atoms with Crippen LogP contribution in [0.25, 0.3) is 11.6 Å². The third-order valence-electron chi connectivity index (χ3n) is 5.90. The molecule has 0 aromatic carbocycles. The molecule has 29 heavy (non-hydrogen) atoms. The van der Waals surface area contributed by atoms with Crippen molar-refractivity contribution in [2.24, 2.45) is 4.99 Å². The number of pyridine rings is 1. The Morgan fingerprint density at radius 1 is 1.28 bits per heavy atom. The maximum absolute atomic E-state index is 5.31. The smallest absolute Gasteiger partial charge is 0.276 e. The number of nitrogens with zero attached hydrogens (tertiary/aromatic N) is 5. The third-order valence-corrected chi connectivity index (χ3v) is 5.90. The topological polar surface area (TPSA) is 91.5 Å². The fourth-order valence-electron chi connectivity index (χ4n) is 4.36. The first-order chi connectivity index (χ1) is 13.7. The second-order valence-corrected chi connectivity index (χ2v) is 7.70. The zero-order chi connectivity index (χ0) is 19.3. The average molecular weight is 511 g/mol. The van der Waals surface area contributed by atoms with E-state index in [9.17, 15) is 0 Å². The Hall–Kier alpha value is -1.75. The standard InChI is InChI=1S/C20H29N7O.HI/c1-21-20(24-14-12-15-6-5-7-16(13-14)27(15)2)23-11-9-18-25-19(28-26-18)17-8-3-4-10-22-17;/h3-4,8,10,14-16H,5-7,9,11-13H2,1-2H3,(H2,21,23,24);1H. The molecule has 0 spiro atoms. The number of halogens is 1. The number of fused-ring (bicyclic) bond motifs is 2. The van der Waals surface area contributed by atoms with Gasteiger partial charge < -0.3 is 20.1 Å². The number of nitrogens with one attached hydrogen (secondary N) is 2. The summed E-state index contributed by atoms with van der Waals surface area (Å²) in [7, 11) is 4.10. The van der Waals surface area contributed by atoms with Gasteiger partial charge in [-0.2, -0.15) is 4.98 Å². The summed E-state index contributed by atoms with van der Waals surface area (Å²) in [5, 5.41) is 11.0. The predicted octanol–water partition coefficient (Wildman–Crippen LogP) is 2.47. The van der Waals surface area contributed by atoms with E-state index in [-0.39, 0.29) is 24.0 Å². The Kier molecular flexibility index (Phi) is 7.82. The fraction of sp³-hybridized carbons (Fsp3) is 0.600. The fourth-order valence-corrected chi connectivity index (χ4v) is 4.36. The molecule has 2 aliphatic rings. The van der Waals surface area contributed by atoms with Crippen molar-refractivity contribution in [1.82, 2.24) is 30.7 Å². The summed E-state index contributed by atoms with van der Waals surface area (Å²) in [5.74, 6) is 1.97. The Bertz CT molecular complexity index is 783. The second kappa shape index (κ2) is 10.3. The molecule has 2 bridgehead atoms. The van der Waals surface area contributed by atoms with Crippen LogP contribution in [-0.2, 0) is 6.42 Å². The number of rotatable bonds is 5. The van der Waals surface area contributed by atoms with Crippen molar-refractivity contribution in [2.45, 2.75) is 56.7 Å². The molecule has 0 amide bonds. The van der Waals surface area contributed by atoms with E-state index in [2.05, 4.69) is 42.7 Å². The maximum Gasteiger partial charge on any atom is 0.276 e. The molecule has 2 aromatic heterocycles. The van der Waals surface area contributed by atoms with Crippen LogP contribution in [0, 0.1) is 0 Å². The predicted molar refractivity (Wildman–Crippen MR) is 123 cm³/mol. The zero-order valence-electron chi connectivity index (χ0n) is 17.0. The molecule has 2 atom stereocenters. The number of aromatic nitrogens is 3. The van der Waals surface area contributed by atoms with Gasteiger partial charge in [0.2, 0.25) is 0 Å². The number of guanidine groups is 1. The molecular formula is C20H30IN7O. The molecule has 2 aromatic rings. The molecule has 2 fully saturated rings. The van der Waals surface area contributed by atoms with Crippen LogP contribution in [0.1, 0.15) is 37.9 Å². The first-order valence-corrected chi connectivity index (χ1v) is 10.2. The van der Waals surface area contributed by atoms with Crippen LogP contribution in [0.2, 0.25) is 0 Å². The monoisotopic (exact) mass is 511 g/mol. The highest BCUT2D eigenvalue weighted by Crippen LogP contribution is 2.32. The van der Waals surface area contributed by atoms with Gasteiger partial charge in [0.15, 0.2) is 11.8 Å². The largest absolute Gasteiger partial charge is 0.356 e. The molecule has 4 rings (SSSR count). The number of hydrogen-bond donors (Lipinski definition) is 2. The van der Waals surface area contributed by atoms with Gasteiger partial charge in [0, 0.05) is 44.3 Å². The Labute approximate surface area is 189 Å². The number of aliphatic imine (C=N–C) groups is 1. The van der Waals surface area contributed by atoms with E-state index in [4.69, 9.17) is 4.52 Å². The Morgan fingerprint density at radius 2 is 2.07 bits per heavy atom. The molecule has 2 unspecified atom stereocenters. The van der Waals surface area contributed by atoms with Crippen LogP contribution in [0.15, 0.2) is 33.9 Å². The van der Waals surface area contributed by atoms with Crippen molar-refractivity contribution in [1.29, 1.82) is 0 Å². The van der Waals surface area contributed by atoms with Crippen molar-refractivity contribution >= 4 is 29.9 Å². The third kappa shape index (κ3) is 5.44.